The standard InChI is InChI=1S/C20H22FNO4S/c1-14(2)22(16-7-9-17(10-8-16)27(4,24)25)20(23)12-6-15-5-11-19(26-3)18(21)13-15/h5-14H,1-4H3/b12-6+. The maximum absolute atomic E-state index is 13.8. The number of methoxy groups -OCH3 is 1. The van der Waals surface area contributed by atoms with Gasteiger partial charge in [0.05, 0.1) is 12.0 Å². The third-order valence-electron chi connectivity index (χ3n) is 3.89. The van der Waals surface area contributed by atoms with E-state index in [1.54, 1.807) is 18.2 Å². The molecule has 0 saturated carbocycles. The van der Waals surface area contributed by atoms with Crippen LogP contribution in [0.15, 0.2) is 53.4 Å². The number of benzene rings is 2. The molecule has 0 radical (unpaired) electrons. The highest BCUT2D eigenvalue weighted by atomic mass is 32.2. The molecule has 0 heterocycles. The Kier molecular flexibility index (Phi) is 6.38. The fourth-order valence-electron chi connectivity index (χ4n) is 2.57. The van der Waals surface area contributed by atoms with Gasteiger partial charge < -0.3 is 9.64 Å². The first kappa shape index (κ1) is 20.6. The number of anilines is 1. The fourth-order valence-corrected chi connectivity index (χ4v) is 3.20. The van der Waals surface area contributed by atoms with E-state index in [-0.39, 0.29) is 22.6 Å². The van der Waals surface area contributed by atoms with Gasteiger partial charge in [0.25, 0.3) is 5.91 Å². The second kappa shape index (κ2) is 8.35. The molecule has 5 nitrogen and oxygen atoms in total. The summed E-state index contributed by atoms with van der Waals surface area (Å²) in [6.45, 7) is 3.70. The summed E-state index contributed by atoms with van der Waals surface area (Å²) in [6.07, 6.45) is 4.00. The average Bonchev–Trinajstić information content (AvgIpc) is 2.59. The van der Waals surface area contributed by atoms with E-state index in [0.29, 0.717) is 11.3 Å². The SMILES string of the molecule is COc1ccc(/C=C/C(=O)N(c2ccc(S(C)(=O)=O)cc2)C(C)C)cc1F. The van der Waals surface area contributed by atoms with E-state index >= 15 is 0 Å². The number of hydrogen-bond donors (Lipinski definition) is 0. The number of amides is 1. The van der Waals surface area contributed by atoms with Crippen LogP contribution >= 0.6 is 0 Å². The van der Waals surface area contributed by atoms with Crippen LogP contribution in [0.4, 0.5) is 10.1 Å². The summed E-state index contributed by atoms with van der Waals surface area (Å²) in [5.74, 6) is -0.675. The second-order valence-electron chi connectivity index (χ2n) is 6.30. The van der Waals surface area contributed by atoms with Gasteiger partial charge in [0.1, 0.15) is 0 Å². The van der Waals surface area contributed by atoms with E-state index < -0.39 is 15.7 Å². The number of halogens is 1. The molecule has 0 aromatic heterocycles. The Morgan fingerprint density at radius 1 is 1.15 bits per heavy atom. The molecule has 2 aromatic rings. The van der Waals surface area contributed by atoms with Gasteiger partial charge in [0.2, 0.25) is 0 Å². The summed E-state index contributed by atoms with van der Waals surface area (Å²) < 4.78 is 41.8. The molecule has 2 rings (SSSR count). The Labute approximate surface area is 159 Å². The van der Waals surface area contributed by atoms with Crippen LogP contribution in [0.5, 0.6) is 5.75 Å². The van der Waals surface area contributed by atoms with Crippen LogP contribution in [0.25, 0.3) is 6.08 Å². The van der Waals surface area contributed by atoms with Crippen molar-refractivity contribution in [3.8, 4) is 5.75 Å². The molecular weight excluding hydrogens is 369 g/mol. The summed E-state index contributed by atoms with van der Waals surface area (Å²) in [7, 11) is -1.92. The number of hydrogen-bond acceptors (Lipinski definition) is 4. The lowest BCUT2D eigenvalue weighted by molar-refractivity contribution is -0.114. The lowest BCUT2D eigenvalue weighted by Gasteiger charge is -2.25. The lowest BCUT2D eigenvalue weighted by atomic mass is 10.1. The van der Waals surface area contributed by atoms with E-state index in [9.17, 15) is 17.6 Å². The zero-order valence-electron chi connectivity index (χ0n) is 15.6. The topological polar surface area (TPSA) is 63.7 Å². The molecule has 0 atom stereocenters. The molecule has 2 aromatic carbocycles. The van der Waals surface area contributed by atoms with Gasteiger partial charge in [-0.25, -0.2) is 12.8 Å². The van der Waals surface area contributed by atoms with E-state index in [1.807, 2.05) is 13.8 Å². The van der Waals surface area contributed by atoms with Gasteiger partial charge in [-0.05, 0) is 61.9 Å². The molecule has 0 aliphatic heterocycles. The molecule has 0 spiro atoms. The van der Waals surface area contributed by atoms with Crippen molar-refractivity contribution >= 4 is 27.5 Å². The minimum atomic E-state index is -3.31. The predicted molar refractivity (Wildman–Crippen MR) is 104 cm³/mol. The molecule has 0 fully saturated rings. The highest BCUT2D eigenvalue weighted by Gasteiger charge is 2.18. The number of ether oxygens (including phenoxy) is 1. The number of carbonyl (C=O) groups is 1. The van der Waals surface area contributed by atoms with Crippen LogP contribution in [0.2, 0.25) is 0 Å². The summed E-state index contributed by atoms with van der Waals surface area (Å²) >= 11 is 0. The molecule has 0 aliphatic carbocycles. The lowest BCUT2D eigenvalue weighted by Crippen LogP contribution is -2.35. The van der Waals surface area contributed by atoms with Gasteiger partial charge in [0, 0.05) is 24.1 Å². The monoisotopic (exact) mass is 391 g/mol. The van der Waals surface area contributed by atoms with Crippen LogP contribution in [0.1, 0.15) is 19.4 Å². The summed E-state index contributed by atoms with van der Waals surface area (Å²) in [5.41, 5.74) is 1.10. The van der Waals surface area contributed by atoms with E-state index in [0.717, 1.165) is 6.26 Å². The van der Waals surface area contributed by atoms with E-state index in [4.69, 9.17) is 4.74 Å². The quantitative estimate of drug-likeness (QED) is 0.705. The molecule has 27 heavy (non-hydrogen) atoms. The normalized spacial score (nSPS) is 11.8. The first-order valence-electron chi connectivity index (χ1n) is 8.28. The molecule has 0 saturated heterocycles. The minimum absolute atomic E-state index is 0.133. The first-order valence-corrected chi connectivity index (χ1v) is 10.2. The maximum atomic E-state index is 13.8. The summed E-state index contributed by atoms with van der Waals surface area (Å²) in [6, 6.07) is 10.4. The Morgan fingerprint density at radius 2 is 1.78 bits per heavy atom. The summed E-state index contributed by atoms with van der Waals surface area (Å²) in [4.78, 5) is 14.4. The summed E-state index contributed by atoms with van der Waals surface area (Å²) in [5, 5.41) is 0. The molecule has 0 N–H and O–H groups in total. The van der Waals surface area contributed by atoms with Crippen molar-refractivity contribution in [1.82, 2.24) is 0 Å². The maximum Gasteiger partial charge on any atom is 0.251 e. The van der Waals surface area contributed by atoms with Gasteiger partial charge in [-0.3, -0.25) is 4.79 Å². The van der Waals surface area contributed by atoms with Gasteiger partial charge in [-0.1, -0.05) is 6.07 Å². The minimum Gasteiger partial charge on any atom is -0.494 e. The van der Waals surface area contributed by atoms with Crippen LogP contribution < -0.4 is 9.64 Å². The molecule has 0 aliphatic rings. The Hall–Kier alpha value is -2.67. The molecule has 1 amide bonds. The van der Waals surface area contributed by atoms with Crippen molar-refractivity contribution in [2.75, 3.05) is 18.3 Å². The van der Waals surface area contributed by atoms with Crippen LogP contribution in [0, 0.1) is 5.82 Å². The fraction of sp³-hybridized carbons (Fsp3) is 0.250. The van der Waals surface area contributed by atoms with E-state index in [2.05, 4.69) is 0 Å². The molecule has 7 heteroatoms. The highest BCUT2D eigenvalue weighted by Crippen LogP contribution is 2.22. The third kappa shape index (κ3) is 5.17. The van der Waals surface area contributed by atoms with Crippen LogP contribution in [-0.2, 0) is 14.6 Å². The predicted octanol–water partition coefficient (Wildman–Crippen LogP) is 3.69. The molecule has 0 bridgehead atoms. The van der Waals surface area contributed by atoms with Gasteiger partial charge in [-0.2, -0.15) is 0 Å². The Bertz CT molecular complexity index is 950. The second-order valence-corrected chi connectivity index (χ2v) is 8.31. The van der Waals surface area contributed by atoms with Gasteiger partial charge in [0.15, 0.2) is 21.4 Å². The van der Waals surface area contributed by atoms with Crippen molar-refractivity contribution in [2.45, 2.75) is 24.8 Å². The Balaban J connectivity index is 2.26. The van der Waals surface area contributed by atoms with Gasteiger partial charge in [-0.15, -0.1) is 0 Å². The van der Waals surface area contributed by atoms with Crippen molar-refractivity contribution in [1.29, 1.82) is 0 Å². The third-order valence-corrected chi connectivity index (χ3v) is 5.02. The zero-order valence-corrected chi connectivity index (χ0v) is 16.5. The van der Waals surface area contributed by atoms with Crippen molar-refractivity contribution in [3.05, 3.63) is 59.9 Å². The first-order chi connectivity index (χ1) is 12.6. The molecule has 0 unspecified atom stereocenters. The van der Waals surface area contributed by atoms with Crippen molar-refractivity contribution in [2.24, 2.45) is 0 Å². The number of rotatable bonds is 6. The van der Waals surface area contributed by atoms with Crippen molar-refractivity contribution < 1.29 is 22.3 Å². The number of carbonyl (C=O) groups excluding carboxylic acids is 1. The van der Waals surface area contributed by atoms with Crippen LogP contribution in [0.3, 0.4) is 0 Å². The molecule has 144 valence electrons. The number of sulfone groups is 1. The average molecular weight is 391 g/mol. The van der Waals surface area contributed by atoms with Crippen molar-refractivity contribution in [3.63, 3.8) is 0 Å². The number of nitrogens with zero attached hydrogens (tertiary/aromatic N) is 1. The van der Waals surface area contributed by atoms with E-state index in [1.165, 1.54) is 48.4 Å². The highest BCUT2D eigenvalue weighted by molar-refractivity contribution is 7.90. The molecular formula is C20H22FNO4S. The smallest absolute Gasteiger partial charge is 0.251 e. The van der Waals surface area contributed by atoms with Crippen LogP contribution in [-0.4, -0.2) is 33.7 Å². The Morgan fingerprint density at radius 3 is 2.26 bits per heavy atom. The zero-order chi connectivity index (χ0) is 20.2. The van der Waals surface area contributed by atoms with Gasteiger partial charge >= 0.3 is 0 Å². The largest absolute Gasteiger partial charge is 0.494 e.